The number of carbonyl (C=O) groups excluding carboxylic acids is 1. The van der Waals surface area contributed by atoms with E-state index in [1.165, 1.54) is 16.2 Å². The predicted molar refractivity (Wildman–Crippen MR) is 58.8 cm³/mol. The molecule has 6 heteroatoms. The Balaban J connectivity index is 2.08. The minimum Gasteiger partial charge on any atom is -0.496 e. The number of carbonyl (C=O) groups is 1. The van der Waals surface area contributed by atoms with Crippen LogP contribution in [0.5, 0.6) is 5.75 Å². The van der Waals surface area contributed by atoms with Crippen molar-refractivity contribution in [2.75, 3.05) is 20.2 Å². The van der Waals surface area contributed by atoms with Crippen LogP contribution in [0.15, 0.2) is 11.4 Å². The van der Waals surface area contributed by atoms with Gasteiger partial charge in [-0.05, 0) is 0 Å². The number of likely N-dealkylation sites (tertiary alicyclic amines) is 1. The Labute approximate surface area is 96.9 Å². The molecule has 2 heterocycles. The minimum atomic E-state index is -0.842. The second kappa shape index (κ2) is 4.40. The zero-order valence-electron chi connectivity index (χ0n) is 8.79. The van der Waals surface area contributed by atoms with Gasteiger partial charge in [0.05, 0.1) is 24.2 Å². The first-order valence-electron chi connectivity index (χ1n) is 4.89. The third kappa shape index (κ3) is 2.04. The van der Waals surface area contributed by atoms with E-state index >= 15 is 0 Å². The highest BCUT2D eigenvalue weighted by Crippen LogP contribution is 2.24. The van der Waals surface area contributed by atoms with Crippen LogP contribution in [-0.4, -0.2) is 53.4 Å². The number of hydrogen-bond acceptors (Lipinski definition) is 5. The highest BCUT2D eigenvalue weighted by Gasteiger charge is 2.33. The summed E-state index contributed by atoms with van der Waals surface area (Å²) < 4.78 is 4.99. The van der Waals surface area contributed by atoms with Crippen LogP contribution in [0.3, 0.4) is 0 Å². The van der Waals surface area contributed by atoms with Gasteiger partial charge in [-0.2, -0.15) is 0 Å². The van der Waals surface area contributed by atoms with Crippen molar-refractivity contribution in [3.8, 4) is 5.75 Å². The first-order valence-corrected chi connectivity index (χ1v) is 5.77. The fourth-order valence-corrected chi connectivity index (χ4v) is 2.45. The normalized spacial score (nSPS) is 24.8. The summed E-state index contributed by atoms with van der Waals surface area (Å²) in [4.78, 5) is 13.9. The Hall–Kier alpha value is -1.11. The third-order valence-corrected chi connectivity index (χ3v) is 3.46. The molecule has 2 atom stereocenters. The fourth-order valence-electron chi connectivity index (χ4n) is 1.63. The van der Waals surface area contributed by atoms with Gasteiger partial charge in [0.2, 0.25) is 0 Å². The molecule has 5 nitrogen and oxygen atoms in total. The summed E-state index contributed by atoms with van der Waals surface area (Å²) in [5.74, 6) is 0.470. The van der Waals surface area contributed by atoms with Gasteiger partial charge in [0.25, 0.3) is 5.91 Å². The minimum absolute atomic E-state index is 0.177. The van der Waals surface area contributed by atoms with Crippen molar-refractivity contribution in [3.63, 3.8) is 0 Å². The topological polar surface area (TPSA) is 70.0 Å². The SMILES string of the molecule is COc1csc(C(=O)N2C[C@@H](O)[C@@H](O)C2)c1. The molecule has 0 spiro atoms. The van der Waals surface area contributed by atoms with E-state index in [1.807, 2.05) is 0 Å². The second-order valence-corrected chi connectivity index (χ2v) is 4.61. The average molecular weight is 243 g/mol. The number of rotatable bonds is 2. The van der Waals surface area contributed by atoms with Crippen LogP contribution >= 0.6 is 11.3 Å². The molecule has 1 aliphatic rings. The van der Waals surface area contributed by atoms with Crippen molar-refractivity contribution in [2.24, 2.45) is 0 Å². The van der Waals surface area contributed by atoms with Crippen LogP contribution in [0, 0.1) is 0 Å². The Kier molecular flexibility index (Phi) is 3.13. The van der Waals surface area contributed by atoms with Gasteiger partial charge in [-0.25, -0.2) is 0 Å². The van der Waals surface area contributed by atoms with Gasteiger partial charge in [0.15, 0.2) is 0 Å². The van der Waals surface area contributed by atoms with Gasteiger partial charge in [0, 0.05) is 24.5 Å². The molecule has 0 unspecified atom stereocenters. The molecule has 16 heavy (non-hydrogen) atoms. The molecule has 0 aromatic carbocycles. The van der Waals surface area contributed by atoms with E-state index in [-0.39, 0.29) is 19.0 Å². The van der Waals surface area contributed by atoms with Crippen molar-refractivity contribution in [1.29, 1.82) is 0 Å². The van der Waals surface area contributed by atoms with Crippen molar-refractivity contribution in [1.82, 2.24) is 4.90 Å². The molecule has 1 aromatic heterocycles. The van der Waals surface area contributed by atoms with Crippen molar-refractivity contribution < 1.29 is 19.7 Å². The maximum Gasteiger partial charge on any atom is 0.264 e. The lowest BCUT2D eigenvalue weighted by molar-refractivity contribution is 0.0572. The van der Waals surface area contributed by atoms with Crippen molar-refractivity contribution >= 4 is 17.2 Å². The van der Waals surface area contributed by atoms with Crippen molar-refractivity contribution in [2.45, 2.75) is 12.2 Å². The summed E-state index contributed by atoms with van der Waals surface area (Å²) >= 11 is 1.29. The summed E-state index contributed by atoms with van der Waals surface area (Å²) in [6.07, 6.45) is -1.68. The highest BCUT2D eigenvalue weighted by molar-refractivity contribution is 7.12. The number of nitrogens with zero attached hydrogens (tertiary/aromatic N) is 1. The van der Waals surface area contributed by atoms with E-state index in [0.29, 0.717) is 10.6 Å². The van der Waals surface area contributed by atoms with Crippen LogP contribution in [0.2, 0.25) is 0 Å². The molecule has 0 aliphatic carbocycles. The van der Waals surface area contributed by atoms with E-state index in [0.717, 1.165) is 0 Å². The lowest BCUT2D eigenvalue weighted by atomic mass is 10.3. The maximum atomic E-state index is 11.9. The smallest absolute Gasteiger partial charge is 0.264 e. The Morgan fingerprint density at radius 1 is 1.50 bits per heavy atom. The predicted octanol–water partition coefficient (Wildman–Crippen LogP) is -0.0657. The van der Waals surface area contributed by atoms with Crippen molar-refractivity contribution in [3.05, 3.63) is 16.3 Å². The van der Waals surface area contributed by atoms with Crippen LogP contribution in [0.4, 0.5) is 0 Å². The monoisotopic (exact) mass is 243 g/mol. The number of methoxy groups -OCH3 is 1. The summed E-state index contributed by atoms with van der Waals surface area (Å²) in [7, 11) is 1.54. The molecule has 2 rings (SSSR count). The fraction of sp³-hybridized carbons (Fsp3) is 0.500. The van der Waals surface area contributed by atoms with Gasteiger partial charge >= 0.3 is 0 Å². The summed E-state index contributed by atoms with van der Waals surface area (Å²) in [5.41, 5.74) is 0. The zero-order chi connectivity index (χ0) is 11.7. The number of amides is 1. The molecule has 0 saturated carbocycles. The molecule has 0 bridgehead atoms. The maximum absolute atomic E-state index is 11.9. The number of hydrogen-bond donors (Lipinski definition) is 2. The van der Waals surface area contributed by atoms with E-state index in [4.69, 9.17) is 4.74 Å². The van der Waals surface area contributed by atoms with Crippen LogP contribution in [0.25, 0.3) is 0 Å². The quantitative estimate of drug-likeness (QED) is 0.763. The number of thiophene rings is 1. The first-order chi connectivity index (χ1) is 7.61. The summed E-state index contributed by atoms with van der Waals surface area (Å²) in [5, 5.41) is 20.4. The molecule has 1 aromatic rings. The number of ether oxygens (including phenoxy) is 1. The van der Waals surface area contributed by atoms with Crippen LogP contribution in [0.1, 0.15) is 9.67 Å². The molecular weight excluding hydrogens is 230 g/mol. The molecule has 1 amide bonds. The zero-order valence-corrected chi connectivity index (χ0v) is 9.61. The Morgan fingerprint density at radius 2 is 2.12 bits per heavy atom. The Bertz CT molecular complexity index is 382. The molecular formula is C10H13NO4S. The van der Waals surface area contributed by atoms with E-state index < -0.39 is 12.2 Å². The highest BCUT2D eigenvalue weighted by atomic mass is 32.1. The number of aliphatic hydroxyl groups is 2. The largest absolute Gasteiger partial charge is 0.496 e. The van der Waals surface area contributed by atoms with Gasteiger partial charge in [-0.1, -0.05) is 0 Å². The standard InChI is InChI=1S/C10H13NO4S/c1-15-6-2-9(16-5-6)10(14)11-3-7(12)8(13)4-11/h2,5,7-8,12-13H,3-4H2,1H3/t7-,8+. The molecule has 2 N–H and O–H groups in total. The number of β-amino-alcohol motifs (C(OH)–C–C–N with tert-alkyl or cyclic N) is 2. The molecule has 0 radical (unpaired) electrons. The second-order valence-electron chi connectivity index (χ2n) is 3.70. The van der Waals surface area contributed by atoms with E-state index in [9.17, 15) is 15.0 Å². The summed E-state index contributed by atoms with van der Waals surface area (Å²) in [6.45, 7) is 0.362. The average Bonchev–Trinajstić information content (AvgIpc) is 2.86. The van der Waals surface area contributed by atoms with Crippen LogP contribution in [-0.2, 0) is 0 Å². The van der Waals surface area contributed by atoms with Gasteiger partial charge in [-0.15, -0.1) is 11.3 Å². The number of aliphatic hydroxyl groups excluding tert-OH is 2. The van der Waals surface area contributed by atoms with Gasteiger partial charge in [0.1, 0.15) is 5.75 Å². The Morgan fingerprint density at radius 3 is 2.62 bits per heavy atom. The van der Waals surface area contributed by atoms with Crippen LogP contribution < -0.4 is 4.74 Å². The lowest BCUT2D eigenvalue weighted by Crippen LogP contribution is -2.29. The van der Waals surface area contributed by atoms with Gasteiger partial charge < -0.3 is 19.8 Å². The summed E-state index contributed by atoms with van der Waals surface area (Å²) in [6, 6.07) is 1.66. The van der Waals surface area contributed by atoms with E-state index in [1.54, 1.807) is 18.6 Å². The third-order valence-electron chi connectivity index (χ3n) is 2.57. The van der Waals surface area contributed by atoms with Gasteiger partial charge in [-0.3, -0.25) is 4.79 Å². The molecule has 1 fully saturated rings. The molecule has 1 aliphatic heterocycles. The molecule has 88 valence electrons. The molecule has 1 saturated heterocycles. The lowest BCUT2D eigenvalue weighted by Gasteiger charge is -2.13. The van der Waals surface area contributed by atoms with E-state index in [2.05, 4.69) is 0 Å². The first kappa shape index (κ1) is 11.4.